The number of rotatable bonds is 2. The van der Waals surface area contributed by atoms with Crippen molar-refractivity contribution in [3.8, 4) is 22.4 Å². The molecule has 106 valence electrons. The van der Waals surface area contributed by atoms with Crippen LogP contribution in [-0.2, 0) is 7.05 Å². The first kappa shape index (κ1) is 13.6. The van der Waals surface area contributed by atoms with E-state index in [1.165, 1.54) is 0 Å². The van der Waals surface area contributed by atoms with E-state index in [0.717, 1.165) is 33.0 Å². The van der Waals surface area contributed by atoms with E-state index in [1.54, 1.807) is 17.1 Å². The van der Waals surface area contributed by atoms with Gasteiger partial charge in [0, 0.05) is 30.0 Å². The van der Waals surface area contributed by atoms with Gasteiger partial charge in [-0.05, 0) is 36.2 Å². The topological polar surface area (TPSA) is 56.7 Å². The molecule has 0 aliphatic carbocycles. The predicted octanol–water partition coefficient (Wildman–Crippen LogP) is 3.69. The molecule has 0 fully saturated rings. The van der Waals surface area contributed by atoms with Crippen LogP contribution < -0.4 is 5.73 Å². The quantitative estimate of drug-likeness (QED) is 0.785. The fourth-order valence-electron chi connectivity index (χ4n) is 2.39. The highest BCUT2D eigenvalue weighted by Gasteiger charge is 2.19. The summed E-state index contributed by atoms with van der Waals surface area (Å²) in [6.45, 7) is 1.98. The van der Waals surface area contributed by atoms with Gasteiger partial charge in [-0.25, -0.2) is 0 Å². The third-order valence-corrected chi connectivity index (χ3v) is 3.99. The highest BCUT2D eigenvalue weighted by molar-refractivity contribution is 6.31. The van der Waals surface area contributed by atoms with Gasteiger partial charge in [0.15, 0.2) is 0 Å². The van der Waals surface area contributed by atoms with Crippen molar-refractivity contribution in [2.24, 2.45) is 7.05 Å². The Morgan fingerprint density at radius 3 is 2.57 bits per heavy atom. The maximum absolute atomic E-state index is 6.23. The van der Waals surface area contributed by atoms with Gasteiger partial charge in [-0.15, -0.1) is 0 Å². The van der Waals surface area contributed by atoms with E-state index in [4.69, 9.17) is 17.3 Å². The van der Waals surface area contributed by atoms with Gasteiger partial charge < -0.3 is 5.73 Å². The summed E-state index contributed by atoms with van der Waals surface area (Å²) in [6, 6.07) is 9.66. The van der Waals surface area contributed by atoms with E-state index in [2.05, 4.69) is 10.1 Å². The predicted molar refractivity (Wildman–Crippen MR) is 86.0 cm³/mol. The van der Waals surface area contributed by atoms with Gasteiger partial charge in [0.05, 0.1) is 5.56 Å². The lowest BCUT2D eigenvalue weighted by molar-refractivity contribution is 0.782. The zero-order valence-electron chi connectivity index (χ0n) is 11.8. The summed E-state index contributed by atoms with van der Waals surface area (Å²) < 4.78 is 1.69. The summed E-state index contributed by atoms with van der Waals surface area (Å²) >= 11 is 6.23. The van der Waals surface area contributed by atoms with Crippen LogP contribution in [0.4, 0.5) is 5.82 Å². The Hall–Kier alpha value is -2.33. The van der Waals surface area contributed by atoms with Crippen LogP contribution in [0.5, 0.6) is 0 Å². The fourth-order valence-corrected chi connectivity index (χ4v) is 2.57. The number of aromatic nitrogens is 3. The summed E-state index contributed by atoms with van der Waals surface area (Å²) in [4.78, 5) is 4.05. The first-order valence-corrected chi connectivity index (χ1v) is 6.95. The molecule has 0 saturated carbocycles. The molecule has 5 heteroatoms. The lowest BCUT2D eigenvalue weighted by atomic mass is 9.98. The fraction of sp³-hybridized carbons (Fsp3) is 0.125. The van der Waals surface area contributed by atoms with Crippen molar-refractivity contribution in [3.05, 3.63) is 53.3 Å². The van der Waals surface area contributed by atoms with Gasteiger partial charge in [-0.3, -0.25) is 9.67 Å². The first-order chi connectivity index (χ1) is 10.1. The van der Waals surface area contributed by atoms with Gasteiger partial charge in [0.25, 0.3) is 0 Å². The van der Waals surface area contributed by atoms with E-state index in [1.807, 2.05) is 44.3 Å². The molecule has 3 rings (SSSR count). The number of hydrogen-bond acceptors (Lipinski definition) is 3. The largest absolute Gasteiger partial charge is 0.383 e. The number of nitrogens with two attached hydrogens (primary N) is 1. The normalized spacial score (nSPS) is 10.8. The number of aryl methyl sites for hydroxylation is 1. The van der Waals surface area contributed by atoms with Crippen molar-refractivity contribution >= 4 is 17.4 Å². The monoisotopic (exact) mass is 298 g/mol. The molecule has 0 radical (unpaired) electrons. The molecule has 2 aromatic heterocycles. The van der Waals surface area contributed by atoms with E-state index in [-0.39, 0.29) is 0 Å². The molecule has 1 aromatic carbocycles. The molecule has 3 aromatic rings. The second kappa shape index (κ2) is 5.22. The molecule has 4 nitrogen and oxygen atoms in total. The van der Waals surface area contributed by atoms with Crippen molar-refractivity contribution in [2.45, 2.75) is 6.92 Å². The van der Waals surface area contributed by atoms with Gasteiger partial charge in [-0.2, -0.15) is 5.10 Å². The first-order valence-electron chi connectivity index (χ1n) is 6.58. The molecule has 21 heavy (non-hydrogen) atoms. The maximum atomic E-state index is 6.23. The number of nitrogens with zero attached hydrogens (tertiary/aromatic N) is 3. The maximum Gasteiger partial charge on any atom is 0.129 e. The van der Waals surface area contributed by atoms with Gasteiger partial charge >= 0.3 is 0 Å². The number of benzene rings is 1. The molecule has 0 atom stereocenters. The Labute approximate surface area is 128 Å². The lowest BCUT2D eigenvalue weighted by Crippen LogP contribution is -1.97. The highest BCUT2D eigenvalue weighted by Crippen LogP contribution is 2.38. The zero-order chi connectivity index (χ0) is 15.0. The van der Waals surface area contributed by atoms with Crippen LogP contribution in [0, 0.1) is 6.92 Å². The summed E-state index contributed by atoms with van der Waals surface area (Å²) in [7, 11) is 1.84. The Morgan fingerprint density at radius 1 is 1.14 bits per heavy atom. The van der Waals surface area contributed by atoms with Gasteiger partial charge in [0.1, 0.15) is 11.5 Å². The summed E-state index contributed by atoms with van der Waals surface area (Å²) in [5.74, 6) is 0.621. The number of anilines is 1. The summed E-state index contributed by atoms with van der Waals surface area (Å²) in [5.41, 5.74) is 10.9. The van der Waals surface area contributed by atoms with Crippen LogP contribution in [0.2, 0.25) is 5.02 Å². The Morgan fingerprint density at radius 2 is 1.86 bits per heavy atom. The van der Waals surface area contributed by atoms with Crippen molar-refractivity contribution in [3.63, 3.8) is 0 Å². The average Bonchev–Trinajstić information content (AvgIpc) is 2.78. The van der Waals surface area contributed by atoms with Crippen LogP contribution in [-0.4, -0.2) is 14.8 Å². The number of halogens is 1. The van der Waals surface area contributed by atoms with E-state index in [9.17, 15) is 0 Å². The van der Waals surface area contributed by atoms with Crippen LogP contribution in [0.1, 0.15) is 5.56 Å². The molecule has 0 aliphatic heterocycles. The van der Waals surface area contributed by atoms with Crippen LogP contribution in [0.3, 0.4) is 0 Å². The number of pyridine rings is 1. The lowest BCUT2D eigenvalue weighted by Gasteiger charge is -2.08. The molecular weight excluding hydrogens is 284 g/mol. The third-order valence-electron chi connectivity index (χ3n) is 3.58. The molecule has 2 heterocycles. The second-order valence-corrected chi connectivity index (χ2v) is 5.29. The standard InChI is InChI=1S/C16H15ClN4/c1-10-12(4-3-5-13(10)17)15-14(16(18)21(2)20-15)11-6-8-19-9-7-11/h3-9H,18H2,1-2H3. The minimum Gasteiger partial charge on any atom is -0.383 e. The smallest absolute Gasteiger partial charge is 0.129 e. The molecule has 0 aliphatic rings. The Balaban J connectivity index is 2.30. The van der Waals surface area contributed by atoms with E-state index >= 15 is 0 Å². The van der Waals surface area contributed by atoms with Crippen molar-refractivity contribution in [1.82, 2.24) is 14.8 Å². The number of nitrogen functional groups attached to an aromatic ring is 1. The van der Waals surface area contributed by atoms with Crippen LogP contribution in [0.15, 0.2) is 42.7 Å². The molecular formula is C16H15ClN4. The number of hydrogen-bond donors (Lipinski definition) is 1. The molecule has 0 bridgehead atoms. The SMILES string of the molecule is Cc1c(Cl)cccc1-c1nn(C)c(N)c1-c1ccncc1. The Kier molecular flexibility index (Phi) is 3.39. The Bertz CT molecular complexity index is 794. The molecule has 0 spiro atoms. The van der Waals surface area contributed by atoms with E-state index < -0.39 is 0 Å². The third kappa shape index (κ3) is 2.28. The summed E-state index contributed by atoms with van der Waals surface area (Å²) in [6.07, 6.45) is 3.49. The molecule has 2 N–H and O–H groups in total. The zero-order valence-corrected chi connectivity index (χ0v) is 12.6. The van der Waals surface area contributed by atoms with Crippen molar-refractivity contribution < 1.29 is 0 Å². The highest BCUT2D eigenvalue weighted by atomic mass is 35.5. The van der Waals surface area contributed by atoms with Gasteiger partial charge in [-0.1, -0.05) is 23.7 Å². The van der Waals surface area contributed by atoms with Crippen molar-refractivity contribution in [2.75, 3.05) is 5.73 Å². The molecule has 0 saturated heterocycles. The van der Waals surface area contributed by atoms with E-state index in [0.29, 0.717) is 5.82 Å². The van der Waals surface area contributed by atoms with Crippen LogP contribution >= 0.6 is 11.6 Å². The second-order valence-electron chi connectivity index (χ2n) is 4.88. The molecule has 0 unspecified atom stereocenters. The minimum absolute atomic E-state index is 0.621. The minimum atomic E-state index is 0.621. The van der Waals surface area contributed by atoms with Crippen LogP contribution in [0.25, 0.3) is 22.4 Å². The average molecular weight is 299 g/mol. The molecule has 0 amide bonds. The van der Waals surface area contributed by atoms with Crippen molar-refractivity contribution in [1.29, 1.82) is 0 Å². The summed E-state index contributed by atoms with van der Waals surface area (Å²) in [5, 5.41) is 5.29. The van der Waals surface area contributed by atoms with Gasteiger partial charge in [0.2, 0.25) is 0 Å².